The Morgan fingerprint density at radius 3 is 2.63 bits per heavy atom. The number of carboxylic acids is 1. The van der Waals surface area contributed by atoms with Crippen molar-refractivity contribution in [3.8, 4) is 6.07 Å². The van der Waals surface area contributed by atoms with Crippen LogP contribution in [-0.2, 0) is 9.53 Å². The third kappa shape index (κ3) is 4.10. The maximum Gasteiger partial charge on any atom is 0.326 e. The number of nitrogens with one attached hydrogen (secondary N) is 1. The van der Waals surface area contributed by atoms with Crippen LogP contribution in [0.3, 0.4) is 0 Å². The summed E-state index contributed by atoms with van der Waals surface area (Å²) in [7, 11) is 0. The van der Waals surface area contributed by atoms with Crippen molar-refractivity contribution in [2.45, 2.75) is 32.9 Å². The van der Waals surface area contributed by atoms with E-state index >= 15 is 0 Å². The van der Waals surface area contributed by atoms with E-state index in [1.807, 2.05) is 6.07 Å². The second kappa shape index (κ2) is 5.89. The fourth-order valence-corrected chi connectivity index (χ4v) is 1.78. The first kappa shape index (κ1) is 15.2. The molecule has 7 nitrogen and oxygen atoms in total. The fraction of sp³-hybridized carbons (Fsp3) is 0.750. The topological polar surface area (TPSA) is 103 Å². The first-order chi connectivity index (χ1) is 8.75. The summed E-state index contributed by atoms with van der Waals surface area (Å²) < 4.78 is 5.13. The van der Waals surface area contributed by atoms with Crippen molar-refractivity contribution >= 4 is 12.0 Å². The van der Waals surface area contributed by atoms with Gasteiger partial charge in [-0.05, 0) is 5.41 Å². The van der Waals surface area contributed by atoms with Gasteiger partial charge in [-0.25, -0.2) is 9.59 Å². The molecule has 2 N–H and O–H groups in total. The summed E-state index contributed by atoms with van der Waals surface area (Å²) in [5.41, 5.74) is -0.595. The Labute approximate surface area is 112 Å². The first-order valence-electron chi connectivity index (χ1n) is 6.05. The van der Waals surface area contributed by atoms with Crippen molar-refractivity contribution < 1.29 is 19.4 Å². The zero-order valence-electron chi connectivity index (χ0n) is 11.3. The molecule has 0 aromatic heterocycles. The van der Waals surface area contributed by atoms with E-state index < -0.39 is 29.6 Å². The van der Waals surface area contributed by atoms with Crippen LogP contribution in [0.2, 0.25) is 0 Å². The van der Waals surface area contributed by atoms with Gasteiger partial charge in [0.15, 0.2) is 6.10 Å². The van der Waals surface area contributed by atoms with Gasteiger partial charge in [0.2, 0.25) is 0 Å². The largest absolute Gasteiger partial charge is 0.480 e. The number of nitriles is 1. The van der Waals surface area contributed by atoms with E-state index in [4.69, 9.17) is 15.1 Å². The van der Waals surface area contributed by atoms with E-state index in [9.17, 15) is 9.59 Å². The number of hydrogen-bond donors (Lipinski definition) is 2. The second-order valence-corrected chi connectivity index (χ2v) is 5.52. The monoisotopic (exact) mass is 269 g/mol. The Hall–Kier alpha value is -1.81. The van der Waals surface area contributed by atoms with Gasteiger partial charge < -0.3 is 20.1 Å². The first-order valence-corrected chi connectivity index (χ1v) is 6.05. The van der Waals surface area contributed by atoms with E-state index in [-0.39, 0.29) is 13.2 Å². The maximum absolute atomic E-state index is 12.0. The minimum absolute atomic E-state index is 0.152. The van der Waals surface area contributed by atoms with Gasteiger partial charge in [-0.15, -0.1) is 0 Å². The predicted molar refractivity (Wildman–Crippen MR) is 66.3 cm³/mol. The van der Waals surface area contributed by atoms with Crippen LogP contribution in [0.4, 0.5) is 4.79 Å². The van der Waals surface area contributed by atoms with Crippen LogP contribution in [0, 0.1) is 16.7 Å². The number of carbonyl (C=O) groups excluding carboxylic acids is 1. The third-order valence-electron chi connectivity index (χ3n) is 2.88. The number of carboxylic acid groups (broad SMARTS) is 1. The van der Waals surface area contributed by atoms with Gasteiger partial charge in [-0.1, -0.05) is 20.8 Å². The fourth-order valence-electron chi connectivity index (χ4n) is 1.78. The summed E-state index contributed by atoms with van der Waals surface area (Å²) in [4.78, 5) is 24.6. The van der Waals surface area contributed by atoms with E-state index in [1.54, 1.807) is 20.8 Å². The van der Waals surface area contributed by atoms with Gasteiger partial charge >= 0.3 is 12.0 Å². The molecule has 0 aromatic carbocycles. The lowest BCUT2D eigenvalue weighted by Gasteiger charge is -2.33. The van der Waals surface area contributed by atoms with E-state index in [2.05, 4.69) is 5.32 Å². The van der Waals surface area contributed by atoms with Crippen molar-refractivity contribution in [3.63, 3.8) is 0 Å². The number of hydrogen-bond acceptors (Lipinski definition) is 4. The molecule has 1 saturated heterocycles. The summed E-state index contributed by atoms with van der Waals surface area (Å²) in [5, 5.41) is 20.4. The Kier molecular flexibility index (Phi) is 4.72. The highest BCUT2D eigenvalue weighted by atomic mass is 16.5. The summed E-state index contributed by atoms with van der Waals surface area (Å²) in [6, 6.07) is 0.471. The van der Waals surface area contributed by atoms with Gasteiger partial charge in [0.05, 0.1) is 19.2 Å². The molecule has 0 aromatic rings. The van der Waals surface area contributed by atoms with Crippen LogP contribution < -0.4 is 5.32 Å². The van der Waals surface area contributed by atoms with Crippen LogP contribution in [-0.4, -0.2) is 53.8 Å². The molecule has 0 spiro atoms. The number of morpholine rings is 1. The molecule has 0 saturated carbocycles. The molecule has 1 aliphatic rings. The molecule has 19 heavy (non-hydrogen) atoms. The van der Waals surface area contributed by atoms with E-state index in [0.717, 1.165) is 0 Å². The average molecular weight is 269 g/mol. The van der Waals surface area contributed by atoms with Crippen molar-refractivity contribution in [3.05, 3.63) is 0 Å². The third-order valence-corrected chi connectivity index (χ3v) is 2.88. The van der Waals surface area contributed by atoms with Gasteiger partial charge in [0.25, 0.3) is 0 Å². The molecule has 2 amide bonds. The zero-order chi connectivity index (χ0) is 14.6. The van der Waals surface area contributed by atoms with Crippen molar-refractivity contribution in [1.82, 2.24) is 10.2 Å². The normalized spacial score (nSPS) is 21.4. The smallest absolute Gasteiger partial charge is 0.326 e. The summed E-state index contributed by atoms with van der Waals surface area (Å²) in [6.07, 6.45) is -0.655. The van der Waals surface area contributed by atoms with Crippen molar-refractivity contribution in [2.75, 3.05) is 19.7 Å². The van der Waals surface area contributed by atoms with Crippen LogP contribution in [0.25, 0.3) is 0 Å². The van der Waals surface area contributed by atoms with Crippen molar-refractivity contribution in [2.24, 2.45) is 5.41 Å². The minimum Gasteiger partial charge on any atom is -0.480 e. The Morgan fingerprint density at radius 2 is 2.16 bits per heavy atom. The van der Waals surface area contributed by atoms with E-state index in [1.165, 1.54) is 4.90 Å². The van der Waals surface area contributed by atoms with Crippen molar-refractivity contribution in [1.29, 1.82) is 5.26 Å². The highest BCUT2D eigenvalue weighted by Gasteiger charge is 2.34. The summed E-state index contributed by atoms with van der Waals surface area (Å²) >= 11 is 0. The number of nitrogens with zero attached hydrogens (tertiary/aromatic N) is 2. The highest BCUT2D eigenvalue weighted by molar-refractivity contribution is 5.83. The number of aliphatic carboxylic acids is 1. The second-order valence-electron chi connectivity index (χ2n) is 5.52. The molecule has 7 heteroatoms. The van der Waals surface area contributed by atoms with Crippen LogP contribution in [0.1, 0.15) is 20.8 Å². The Morgan fingerprint density at radius 1 is 1.53 bits per heavy atom. The maximum atomic E-state index is 12.0. The molecular formula is C12H19N3O4. The molecule has 1 rings (SSSR count). The molecule has 1 aliphatic heterocycles. The van der Waals surface area contributed by atoms with Gasteiger partial charge in [0, 0.05) is 6.54 Å². The molecule has 2 unspecified atom stereocenters. The highest BCUT2D eigenvalue weighted by Crippen LogP contribution is 2.20. The van der Waals surface area contributed by atoms with Crippen LogP contribution in [0.15, 0.2) is 0 Å². The Bertz CT molecular complexity index is 397. The zero-order valence-corrected chi connectivity index (χ0v) is 11.3. The van der Waals surface area contributed by atoms with Gasteiger partial charge in [-0.2, -0.15) is 5.26 Å². The van der Waals surface area contributed by atoms with Crippen LogP contribution in [0.5, 0.6) is 0 Å². The molecule has 1 heterocycles. The summed E-state index contributed by atoms with van der Waals surface area (Å²) in [6.45, 7) is 5.99. The van der Waals surface area contributed by atoms with Gasteiger partial charge in [-0.3, -0.25) is 0 Å². The number of carbonyl (C=O) groups is 2. The minimum atomic E-state index is -1.08. The van der Waals surface area contributed by atoms with E-state index in [0.29, 0.717) is 6.54 Å². The molecule has 0 bridgehead atoms. The number of urea groups is 1. The quantitative estimate of drug-likeness (QED) is 0.756. The molecule has 2 atom stereocenters. The molecule has 0 aliphatic carbocycles. The van der Waals surface area contributed by atoms with Crippen LogP contribution >= 0.6 is 0 Å². The number of amides is 2. The molecule has 0 radical (unpaired) electrons. The molecular weight excluding hydrogens is 250 g/mol. The average Bonchev–Trinajstić information content (AvgIpc) is 2.33. The lowest BCUT2D eigenvalue weighted by atomic mass is 9.87. The molecule has 1 fully saturated rings. The molecule has 106 valence electrons. The summed E-state index contributed by atoms with van der Waals surface area (Å²) in [5.74, 6) is -1.08. The number of rotatable bonds is 2. The van der Waals surface area contributed by atoms with Gasteiger partial charge in [0.1, 0.15) is 6.04 Å². The predicted octanol–water partition coefficient (Wildman–Crippen LogP) is 0.420. The number of ether oxygens (including phenoxy) is 1. The lowest BCUT2D eigenvalue weighted by molar-refractivity contribution is -0.142. The SMILES string of the molecule is CC(C)(C)C(NC(=O)N1CCOC(C#N)C1)C(=O)O. The standard InChI is InChI=1S/C12H19N3O4/c1-12(2,3)9(10(16)17)14-11(18)15-4-5-19-8(6-13)7-15/h8-9H,4-5,7H2,1-3H3,(H,14,18)(H,16,17). The Balaban J connectivity index is 2.68. The lowest BCUT2D eigenvalue weighted by Crippen LogP contribution is -2.56.